The van der Waals surface area contributed by atoms with E-state index in [1.165, 1.54) is 12.3 Å². The van der Waals surface area contributed by atoms with Gasteiger partial charge in [0.25, 0.3) is 5.56 Å². The van der Waals surface area contributed by atoms with Gasteiger partial charge in [-0.15, -0.1) is 11.6 Å². The zero-order valence-corrected chi connectivity index (χ0v) is 9.89. The molecule has 0 spiro atoms. The topological polar surface area (TPSA) is 58.6 Å². The number of halogens is 3. The van der Waals surface area contributed by atoms with Gasteiger partial charge in [0.2, 0.25) is 5.95 Å². The molecule has 88 valence electrons. The number of aromatic amines is 1. The van der Waals surface area contributed by atoms with Crippen LogP contribution in [-0.2, 0) is 5.88 Å². The van der Waals surface area contributed by atoms with Crippen molar-refractivity contribution >= 4 is 23.2 Å². The van der Waals surface area contributed by atoms with Crippen molar-refractivity contribution in [3.63, 3.8) is 0 Å². The van der Waals surface area contributed by atoms with Crippen molar-refractivity contribution in [2.24, 2.45) is 0 Å². The third-order valence-corrected chi connectivity index (χ3v) is 2.70. The minimum atomic E-state index is -0.660. The van der Waals surface area contributed by atoms with Gasteiger partial charge in [0.1, 0.15) is 10.8 Å². The van der Waals surface area contributed by atoms with Crippen LogP contribution >= 0.6 is 23.2 Å². The summed E-state index contributed by atoms with van der Waals surface area (Å²) >= 11 is 11.3. The maximum atomic E-state index is 12.9. The van der Waals surface area contributed by atoms with Crippen molar-refractivity contribution < 1.29 is 4.39 Å². The van der Waals surface area contributed by atoms with Crippen LogP contribution in [0.3, 0.4) is 0 Å². The molecule has 0 amide bonds. The summed E-state index contributed by atoms with van der Waals surface area (Å²) in [7, 11) is 0. The molecule has 0 bridgehead atoms. The first-order valence-corrected chi connectivity index (χ1v) is 5.49. The molecule has 1 N–H and O–H groups in total. The van der Waals surface area contributed by atoms with Crippen LogP contribution < -0.4 is 5.56 Å². The van der Waals surface area contributed by atoms with Crippen LogP contribution in [0, 0.1) is 5.95 Å². The molecule has 7 heteroatoms. The summed E-state index contributed by atoms with van der Waals surface area (Å²) in [5.74, 6) is -0.451. The summed E-state index contributed by atoms with van der Waals surface area (Å²) < 4.78 is 12.9. The summed E-state index contributed by atoms with van der Waals surface area (Å²) in [6, 6.07) is 2.68. The smallest absolute Gasteiger partial charge is 0.270 e. The highest BCUT2D eigenvalue weighted by molar-refractivity contribution is 6.31. The second kappa shape index (κ2) is 4.81. The summed E-state index contributed by atoms with van der Waals surface area (Å²) in [5.41, 5.74) is 0.145. The largest absolute Gasteiger partial charge is 0.305 e. The Morgan fingerprint density at radius 3 is 2.88 bits per heavy atom. The normalized spacial score (nSPS) is 10.5. The quantitative estimate of drug-likeness (QED) is 0.675. The molecular formula is C10H6Cl2FN3O. The second-order valence-electron chi connectivity index (χ2n) is 3.18. The number of alkyl halides is 1. The van der Waals surface area contributed by atoms with E-state index in [4.69, 9.17) is 23.2 Å². The van der Waals surface area contributed by atoms with Crippen LogP contribution in [0.5, 0.6) is 0 Å². The third-order valence-electron chi connectivity index (χ3n) is 2.06. The number of hydrogen-bond acceptors (Lipinski definition) is 3. The third kappa shape index (κ3) is 2.45. The van der Waals surface area contributed by atoms with E-state index in [2.05, 4.69) is 15.0 Å². The number of pyridine rings is 1. The Balaban J connectivity index is 2.61. The molecule has 17 heavy (non-hydrogen) atoms. The summed E-state index contributed by atoms with van der Waals surface area (Å²) in [4.78, 5) is 21.4. The van der Waals surface area contributed by atoms with Crippen LogP contribution in [-0.4, -0.2) is 15.0 Å². The Morgan fingerprint density at radius 2 is 2.24 bits per heavy atom. The van der Waals surface area contributed by atoms with Crippen molar-refractivity contribution in [3.05, 3.63) is 45.3 Å². The van der Waals surface area contributed by atoms with Crippen LogP contribution in [0.2, 0.25) is 5.02 Å². The summed E-state index contributed by atoms with van der Waals surface area (Å²) in [5, 5.41) is -0.0571. The highest BCUT2D eigenvalue weighted by Crippen LogP contribution is 2.17. The number of H-pyrrole nitrogens is 1. The van der Waals surface area contributed by atoms with E-state index in [0.29, 0.717) is 5.56 Å². The molecule has 2 heterocycles. The van der Waals surface area contributed by atoms with Gasteiger partial charge < -0.3 is 4.98 Å². The van der Waals surface area contributed by atoms with Gasteiger partial charge >= 0.3 is 0 Å². The van der Waals surface area contributed by atoms with Crippen LogP contribution in [0.4, 0.5) is 4.39 Å². The standard InChI is InChI=1S/C10H6Cl2FN3O/c11-4-6-8(12)10(17)16-9(15-6)5-1-2-14-7(13)3-5/h1-3H,4H2,(H,15,16,17). The Bertz CT molecular complexity index is 615. The first kappa shape index (κ1) is 12.0. The van der Waals surface area contributed by atoms with E-state index in [9.17, 15) is 9.18 Å². The lowest BCUT2D eigenvalue weighted by Gasteiger charge is -2.04. The predicted octanol–water partition coefficient (Wildman–Crippen LogP) is 2.36. The number of nitrogens with zero attached hydrogens (tertiary/aromatic N) is 2. The Labute approximate surface area is 105 Å². The Kier molecular flexibility index (Phi) is 3.40. The average molecular weight is 274 g/mol. The monoisotopic (exact) mass is 273 g/mol. The van der Waals surface area contributed by atoms with E-state index in [1.807, 2.05) is 0 Å². The number of nitrogens with one attached hydrogen (secondary N) is 1. The fraction of sp³-hybridized carbons (Fsp3) is 0.100. The molecule has 0 fully saturated rings. The van der Waals surface area contributed by atoms with Crippen LogP contribution in [0.25, 0.3) is 11.4 Å². The maximum Gasteiger partial charge on any atom is 0.270 e. The molecule has 2 rings (SSSR count). The molecule has 0 aliphatic rings. The SMILES string of the molecule is O=c1[nH]c(-c2ccnc(F)c2)nc(CCl)c1Cl. The summed E-state index contributed by atoms with van der Waals surface area (Å²) in [6.45, 7) is 0. The van der Waals surface area contributed by atoms with Gasteiger partial charge in [-0.3, -0.25) is 4.79 Å². The highest BCUT2D eigenvalue weighted by Gasteiger charge is 2.10. The lowest BCUT2D eigenvalue weighted by Crippen LogP contribution is -2.12. The van der Waals surface area contributed by atoms with Gasteiger partial charge in [0.15, 0.2) is 0 Å². The van der Waals surface area contributed by atoms with Crippen molar-refractivity contribution in [1.29, 1.82) is 0 Å². The van der Waals surface area contributed by atoms with Gasteiger partial charge in [0, 0.05) is 17.8 Å². The summed E-state index contributed by atoms with van der Waals surface area (Å²) in [6.07, 6.45) is 1.28. The van der Waals surface area contributed by atoms with Gasteiger partial charge in [-0.1, -0.05) is 11.6 Å². The van der Waals surface area contributed by atoms with Gasteiger partial charge in [-0.2, -0.15) is 4.39 Å². The number of hydrogen-bond donors (Lipinski definition) is 1. The highest BCUT2D eigenvalue weighted by atomic mass is 35.5. The van der Waals surface area contributed by atoms with Crippen LogP contribution in [0.1, 0.15) is 5.69 Å². The molecule has 0 radical (unpaired) electrons. The zero-order chi connectivity index (χ0) is 12.4. The van der Waals surface area contributed by atoms with E-state index in [1.54, 1.807) is 0 Å². The fourth-order valence-electron chi connectivity index (χ4n) is 1.28. The van der Waals surface area contributed by atoms with Crippen molar-refractivity contribution in [2.75, 3.05) is 0 Å². The molecule has 2 aromatic heterocycles. The fourth-order valence-corrected chi connectivity index (χ4v) is 1.70. The van der Waals surface area contributed by atoms with Crippen molar-refractivity contribution in [2.45, 2.75) is 5.88 Å². The first-order valence-electron chi connectivity index (χ1n) is 4.58. The number of aromatic nitrogens is 3. The molecule has 0 aliphatic carbocycles. The Hall–Kier alpha value is -1.46. The number of rotatable bonds is 2. The molecule has 0 aromatic carbocycles. The first-order chi connectivity index (χ1) is 8.11. The zero-order valence-electron chi connectivity index (χ0n) is 8.38. The second-order valence-corrected chi connectivity index (χ2v) is 3.82. The Morgan fingerprint density at radius 1 is 1.47 bits per heavy atom. The molecule has 0 aliphatic heterocycles. The van der Waals surface area contributed by atoms with Crippen molar-refractivity contribution in [1.82, 2.24) is 15.0 Å². The van der Waals surface area contributed by atoms with E-state index < -0.39 is 11.5 Å². The van der Waals surface area contributed by atoms with Gasteiger partial charge in [-0.05, 0) is 6.07 Å². The van der Waals surface area contributed by atoms with Gasteiger partial charge in [0.05, 0.1) is 11.6 Å². The minimum absolute atomic E-state index is 0.00329. The maximum absolute atomic E-state index is 12.9. The molecule has 0 atom stereocenters. The van der Waals surface area contributed by atoms with Gasteiger partial charge in [-0.25, -0.2) is 9.97 Å². The molecule has 0 unspecified atom stereocenters. The lowest BCUT2D eigenvalue weighted by molar-refractivity contribution is 0.584. The molecule has 0 saturated carbocycles. The minimum Gasteiger partial charge on any atom is -0.305 e. The average Bonchev–Trinajstić information content (AvgIpc) is 2.32. The van der Waals surface area contributed by atoms with Crippen LogP contribution in [0.15, 0.2) is 23.1 Å². The van der Waals surface area contributed by atoms with E-state index in [-0.39, 0.29) is 22.4 Å². The van der Waals surface area contributed by atoms with E-state index in [0.717, 1.165) is 6.07 Å². The molecular weight excluding hydrogens is 268 g/mol. The lowest BCUT2D eigenvalue weighted by atomic mass is 10.2. The molecule has 0 saturated heterocycles. The predicted molar refractivity (Wildman–Crippen MR) is 62.6 cm³/mol. The van der Waals surface area contributed by atoms with Crippen molar-refractivity contribution in [3.8, 4) is 11.4 Å². The van der Waals surface area contributed by atoms with E-state index >= 15 is 0 Å². The molecule has 2 aromatic rings. The molecule has 4 nitrogen and oxygen atoms in total.